The molecule has 0 saturated carbocycles. The summed E-state index contributed by atoms with van der Waals surface area (Å²) in [5, 5.41) is 15.7. The number of hydrogen-bond acceptors (Lipinski definition) is 4. The second kappa shape index (κ2) is 4.79. The van der Waals surface area contributed by atoms with Gasteiger partial charge in [-0.1, -0.05) is 5.21 Å². The molecule has 0 aromatic carbocycles. The van der Waals surface area contributed by atoms with Crippen LogP contribution in [0.2, 0.25) is 0 Å². The zero-order chi connectivity index (χ0) is 12.3. The number of halogens is 3. The number of aliphatic hydroxyl groups is 1. The van der Waals surface area contributed by atoms with Gasteiger partial charge in [-0.15, -0.1) is 5.10 Å². The molecule has 0 aliphatic carbocycles. The van der Waals surface area contributed by atoms with Gasteiger partial charge in [0, 0.05) is 7.11 Å². The summed E-state index contributed by atoms with van der Waals surface area (Å²) < 4.78 is 42.2. The Labute approximate surface area is 89.8 Å². The molecule has 5 nitrogen and oxygen atoms in total. The Kier molecular flexibility index (Phi) is 3.87. The molecule has 0 amide bonds. The van der Waals surface area contributed by atoms with Gasteiger partial charge in [0.1, 0.15) is 12.2 Å². The largest absolute Gasteiger partial charge is 0.408 e. The van der Waals surface area contributed by atoms with Gasteiger partial charge in [-0.25, -0.2) is 4.68 Å². The fraction of sp³-hybridized carbons (Fsp3) is 0.750. The Morgan fingerprint density at radius 2 is 2.12 bits per heavy atom. The van der Waals surface area contributed by atoms with Gasteiger partial charge in [0.15, 0.2) is 0 Å². The first-order chi connectivity index (χ1) is 7.39. The maximum absolute atomic E-state index is 12.2. The van der Waals surface area contributed by atoms with Crippen LogP contribution in [0.5, 0.6) is 0 Å². The lowest BCUT2D eigenvalue weighted by Crippen LogP contribution is -2.22. The van der Waals surface area contributed by atoms with Gasteiger partial charge in [0.05, 0.1) is 18.4 Å². The molecule has 1 heterocycles. The number of rotatable bonds is 4. The predicted molar refractivity (Wildman–Crippen MR) is 47.4 cm³/mol. The summed E-state index contributed by atoms with van der Waals surface area (Å²) in [6.45, 7) is -0.158. The predicted octanol–water partition coefficient (Wildman–Crippen LogP) is 1.04. The van der Waals surface area contributed by atoms with Crippen molar-refractivity contribution in [1.29, 1.82) is 0 Å². The zero-order valence-corrected chi connectivity index (χ0v) is 8.82. The van der Waals surface area contributed by atoms with Crippen molar-refractivity contribution in [2.24, 2.45) is 0 Å². The standard InChI is InChI=1S/C8H12F3N3O2/c1-5(16-2)7-6(3-15)12-13-14(7)4-8(9,10)11/h5,15H,3-4H2,1-2H3. The van der Waals surface area contributed by atoms with Crippen LogP contribution in [0, 0.1) is 0 Å². The molecule has 8 heteroatoms. The molecule has 0 fully saturated rings. The van der Waals surface area contributed by atoms with Crippen molar-refractivity contribution < 1.29 is 23.0 Å². The van der Waals surface area contributed by atoms with E-state index < -0.39 is 25.4 Å². The van der Waals surface area contributed by atoms with Crippen molar-refractivity contribution >= 4 is 0 Å². The molecule has 1 unspecified atom stereocenters. The Morgan fingerprint density at radius 1 is 1.50 bits per heavy atom. The maximum atomic E-state index is 12.2. The summed E-state index contributed by atoms with van der Waals surface area (Å²) in [6.07, 6.45) is -5.00. The number of aromatic nitrogens is 3. The highest BCUT2D eigenvalue weighted by molar-refractivity contribution is 5.12. The van der Waals surface area contributed by atoms with Crippen molar-refractivity contribution in [3.05, 3.63) is 11.4 Å². The molecule has 92 valence electrons. The number of hydrogen-bond donors (Lipinski definition) is 1. The van der Waals surface area contributed by atoms with E-state index in [0.717, 1.165) is 0 Å². The molecule has 1 aromatic rings. The monoisotopic (exact) mass is 239 g/mol. The van der Waals surface area contributed by atoms with E-state index in [9.17, 15) is 13.2 Å². The zero-order valence-electron chi connectivity index (χ0n) is 8.82. The molecule has 1 N–H and O–H groups in total. The summed E-state index contributed by atoms with van der Waals surface area (Å²) in [5.74, 6) is 0. The Morgan fingerprint density at radius 3 is 2.56 bits per heavy atom. The first-order valence-electron chi connectivity index (χ1n) is 4.51. The normalized spacial score (nSPS) is 14.1. The molecule has 0 bridgehead atoms. The summed E-state index contributed by atoms with van der Waals surface area (Å²) in [7, 11) is 1.36. The van der Waals surface area contributed by atoms with Crippen LogP contribution in [-0.2, 0) is 17.9 Å². The molecule has 1 aromatic heterocycles. The minimum atomic E-state index is -4.39. The Hall–Kier alpha value is -1.15. The molecule has 1 atom stereocenters. The van der Waals surface area contributed by atoms with Gasteiger partial charge < -0.3 is 9.84 Å². The van der Waals surface area contributed by atoms with Crippen LogP contribution >= 0.6 is 0 Å². The number of ether oxygens (including phenoxy) is 1. The number of methoxy groups -OCH3 is 1. The summed E-state index contributed by atoms with van der Waals surface area (Å²) in [5.41, 5.74) is 0.237. The lowest BCUT2D eigenvalue weighted by Gasteiger charge is -2.14. The highest BCUT2D eigenvalue weighted by Gasteiger charge is 2.31. The maximum Gasteiger partial charge on any atom is 0.408 e. The summed E-state index contributed by atoms with van der Waals surface area (Å²) in [4.78, 5) is 0. The van der Waals surface area contributed by atoms with E-state index >= 15 is 0 Å². The number of alkyl halides is 3. The Balaban J connectivity index is 3.05. The van der Waals surface area contributed by atoms with Crippen molar-refractivity contribution in [2.45, 2.75) is 32.4 Å². The van der Waals surface area contributed by atoms with Crippen LogP contribution < -0.4 is 0 Å². The third-order valence-corrected chi connectivity index (χ3v) is 2.06. The van der Waals surface area contributed by atoms with Gasteiger partial charge in [-0.05, 0) is 6.92 Å². The smallest absolute Gasteiger partial charge is 0.390 e. The van der Waals surface area contributed by atoms with Crippen LogP contribution in [0.15, 0.2) is 0 Å². The molecule has 1 rings (SSSR count). The highest BCUT2D eigenvalue weighted by Crippen LogP contribution is 2.23. The van der Waals surface area contributed by atoms with Crippen LogP contribution in [0.3, 0.4) is 0 Å². The van der Waals surface area contributed by atoms with E-state index in [1.54, 1.807) is 6.92 Å². The lowest BCUT2D eigenvalue weighted by atomic mass is 10.2. The Bertz CT molecular complexity index is 351. The molecule has 0 aliphatic rings. The molecular weight excluding hydrogens is 227 g/mol. The highest BCUT2D eigenvalue weighted by atomic mass is 19.4. The van der Waals surface area contributed by atoms with Crippen LogP contribution in [0.4, 0.5) is 13.2 Å². The quantitative estimate of drug-likeness (QED) is 0.852. The van der Waals surface area contributed by atoms with Crippen LogP contribution in [0.1, 0.15) is 24.4 Å². The number of aliphatic hydroxyl groups excluding tert-OH is 1. The molecule has 0 aliphatic heterocycles. The minimum Gasteiger partial charge on any atom is -0.390 e. The fourth-order valence-corrected chi connectivity index (χ4v) is 1.31. The summed E-state index contributed by atoms with van der Waals surface area (Å²) >= 11 is 0. The van der Waals surface area contributed by atoms with Gasteiger partial charge in [-0.2, -0.15) is 13.2 Å². The average molecular weight is 239 g/mol. The van der Waals surface area contributed by atoms with Gasteiger partial charge in [-0.3, -0.25) is 0 Å². The SMILES string of the molecule is COC(C)c1c(CO)nnn1CC(F)(F)F. The van der Waals surface area contributed by atoms with E-state index in [0.29, 0.717) is 4.68 Å². The lowest BCUT2D eigenvalue weighted by molar-refractivity contribution is -0.143. The minimum absolute atomic E-state index is 0.0959. The molecule has 0 spiro atoms. The third-order valence-electron chi connectivity index (χ3n) is 2.06. The van der Waals surface area contributed by atoms with Gasteiger partial charge in [0.2, 0.25) is 0 Å². The first kappa shape index (κ1) is 12.9. The van der Waals surface area contributed by atoms with Crippen molar-refractivity contribution in [3.63, 3.8) is 0 Å². The molecular formula is C8H12F3N3O2. The van der Waals surface area contributed by atoms with Crippen molar-refractivity contribution in [2.75, 3.05) is 7.11 Å². The van der Waals surface area contributed by atoms with E-state index in [2.05, 4.69) is 10.3 Å². The molecule has 0 saturated heterocycles. The van der Waals surface area contributed by atoms with Gasteiger partial charge >= 0.3 is 6.18 Å². The number of nitrogens with zero attached hydrogens (tertiary/aromatic N) is 3. The molecule has 16 heavy (non-hydrogen) atoms. The summed E-state index contributed by atoms with van der Waals surface area (Å²) in [6, 6.07) is 0. The van der Waals surface area contributed by atoms with Gasteiger partial charge in [0.25, 0.3) is 0 Å². The van der Waals surface area contributed by atoms with E-state index in [1.807, 2.05) is 0 Å². The third kappa shape index (κ3) is 2.92. The van der Waals surface area contributed by atoms with Crippen molar-refractivity contribution in [1.82, 2.24) is 15.0 Å². The fourth-order valence-electron chi connectivity index (χ4n) is 1.31. The second-order valence-corrected chi connectivity index (χ2v) is 3.23. The van der Waals surface area contributed by atoms with Crippen LogP contribution in [0.25, 0.3) is 0 Å². The average Bonchev–Trinajstić information content (AvgIpc) is 2.57. The van der Waals surface area contributed by atoms with E-state index in [-0.39, 0.29) is 11.4 Å². The second-order valence-electron chi connectivity index (χ2n) is 3.23. The first-order valence-corrected chi connectivity index (χ1v) is 4.51. The topological polar surface area (TPSA) is 60.2 Å². The van der Waals surface area contributed by atoms with E-state index in [4.69, 9.17) is 9.84 Å². The van der Waals surface area contributed by atoms with Crippen LogP contribution in [-0.4, -0.2) is 33.4 Å². The van der Waals surface area contributed by atoms with Crippen molar-refractivity contribution in [3.8, 4) is 0 Å². The van der Waals surface area contributed by atoms with E-state index in [1.165, 1.54) is 7.11 Å². The molecule has 0 radical (unpaired) electrons.